The molecule has 7 heteroatoms. The third-order valence-electron chi connectivity index (χ3n) is 3.80. The van der Waals surface area contributed by atoms with E-state index in [4.69, 9.17) is 9.05 Å². The highest BCUT2D eigenvalue weighted by Crippen LogP contribution is 2.56. The van der Waals surface area contributed by atoms with Crippen LogP contribution in [0.15, 0.2) is 47.1 Å². The molecule has 0 unspecified atom stereocenters. The smallest absolute Gasteiger partial charge is 0.353 e. The summed E-state index contributed by atoms with van der Waals surface area (Å²) in [7, 11) is -3.66. The van der Waals surface area contributed by atoms with Crippen LogP contribution in [-0.2, 0) is 13.6 Å². The van der Waals surface area contributed by atoms with E-state index in [2.05, 4.69) is 4.98 Å². The van der Waals surface area contributed by atoms with Crippen molar-refractivity contribution in [1.29, 1.82) is 5.26 Å². The lowest BCUT2D eigenvalue weighted by Gasteiger charge is -2.15. The number of para-hydroxylation sites is 1. The predicted molar refractivity (Wildman–Crippen MR) is 106 cm³/mol. The molecule has 0 aliphatic carbocycles. The number of aromatic amines is 1. The van der Waals surface area contributed by atoms with Crippen LogP contribution in [0.4, 0.5) is 0 Å². The lowest BCUT2D eigenvalue weighted by molar-refractivity contribution is 0.227. The Hall–Kier alpha value is -2.16. The molecular formula is C19H19N2O3PS. The summed E-state index contributed by atoms with van der Waals surface area (Å²) in [5.74, 6) is 0. The number of fused-ring (bicyclic) bond motifs is 1. The van der Waals surface area contributed by atoms with Gasteiger partial charge < -0.3 is 14.0 Å². The minimum absolute atomic E-state index is 0.00348. The molecule has 5 nitrogen and oxygen atoms in total. The molecule has 0 spiro atoms. The van der Waals surface area contributed by atoms with E-state index in [0.717, 1.165) is 27.0 Å². The molecule has 0 aliphatic rings. The Bertz CT molecular complexity index is 1010. The van der Waals surface area contributed by atoms with Crippen LogP contribution < -0.4 is 0 Å². The van der Waals surface area contributed by atoms with E-state index in [1.165, 1.54) is 0 Å². The number of hydrogen-bond acceptors (Lipinski definition) is 5. The maximum atomic E-state index is 13.1. The van der Waals surface area contributed by atoms with Crippen LogP contribution in [-0.4, -0.2) is 18.2 Å². The Kier molecular flexibility index (Phi) is 5.75. The number of nitrogens with one attached hydrogen (secondary N) is 1. The average molecular weight is 386 g/mol. The van der Waals surface area contributed by atoms with E-state index < -0.39 is 7.60 Å². The van der Waals surface area contributed by atoms with Gasteiger partial charge in [-0.2, -0.15) is 5.26 Å². The van der Waals surface area contributed by atoms with E-state index in [1.54, 1.807) is 31.3 Å². The second-order valence-electron chi connectivity index (χ2n) is 5.41. The topological polar surface area (TPSA) is 75.1 Å². The Morgan fingerprint density at radius 3 is 2.58 bits per heavy atom. The predicted octanol–water partition coefficient (Wildman–Crippen LogP) is 6.03. The normalized spacial score (nSPS) is 12.4. The molecule has 0 bridgehead atoms. The second kappa shape index (κ2) is 8.03. The van der Waals surface area contributed by atoms with Crippen LogP contribution in [0.3, 0.4) is 0 Å². The zero-order valence-electron chi connectivity index (χ0n) is 14.6. The first-order valence-corrected chi connectivity index (χ1v) is 10.7. The molecule has 2 aromatic heterocycles. The van der Waals surface area contributed by atoms with Crippen molar-refractivity contribution >= 4 is 35.9 Å². The number of H-pyrrole nitrogens is 1. The van der Waals surface area contributed by atoms with Crippen molar-refractivity contribution in [2.75, 3.05) is 13.2 Å². The molecule has 3 aromatic rings. The maximum Gasteiger partial charge on any atom is 0.371 e. The Balaban J connectivity index is 2.23. The van der Waals surface area contributed by atoms with Gasteiger partial charge in [0.15, 0.2) is 0 Å². The highest BCUT2D eigenvalue weighted by atomic mass is 32.1. The summed E-state index contributed by atoms with van der Waals surface area (Å²) in [5, 5.41) is 12.6. The van der Waals surface area contributed by atoms with Crippen LogP contribution in [0.2, 0.25) is 0 Å². The standard InChI is InChI=1S/C19H19N2O3PS/c1-3-23-25(22,24-4-2)14(13-20)12-16-15-8-5-6-9-17(15)21-19(16)18-10-7-11-26-18/h5-12,21H,3-4H2,1-2H3/b14-12-. The molecule has 0 saturated heterocycles. The monoisotopic (exact) mass is 386 g/mol. The quantitative estimate of drug-likeness (QED) is 0.397. The molecule has 1 N–H and O–H groups in total. The minimum Gasteiger partial charge on any atom is -0.353 e. The average Bonchev–Trinajstić information content (AvgIpc) is 3.27. The summed E-state index contributed by atoms with van der Waals surface area (Å²) < 4.78 is 23.8. The molecule has 0 saturated carbocycles. The molecule has 3 rings (SSSR count). The first-order valence-electron chi connectivity index (χ1n) is 8.29. The number of nitriles is 1. The molecule has 134 valence electrons. The number of allylic oxidation sites excluding steroid dienone is 1. The summed E-state index contributed by atoms with van der Waals surface area (Å²) in [4.78, 5) is 4.43. The second-order valence-corrected chi connectivity index (χ2v) is 8.35. The molecule has 1 aromatic carbocycles. The fourth-order valence-electron chi connectivity index (χ4n) is 2.75. The highest BCUT2D eigenvalue weighted by molar-refractivity contribution is 7.59. The highest BCUT2D eigenvalue weighted by Gasteiger charge is 2.30. The Morgan fingerprint density at radius 1 is 1.23 bits per heavy atom. The van der Waals surface area contributed by atoms with Gasteiger partial charge in [0.05, 0.1) is 23.8 Å². The van der Waals surface area contributed by atoms with E-state index in [9.17, 15) is 9.83 Å². The molecule has 0 radical (unpaired) electrons. The van der Waals surface area contributed by atoms with Crippen molar-refractivity contribution in [3.63, 3.8) is 0 Å². The van der Waals surface area contributed by atoms with Crippen LogP contribution in [0, 0.1) is 11.3 Å². The van der Waals surface area contributed by atoms with Crippen molar-refractivity contribution in [3.05, 3.63) is 52.7 Å². The maximum absolute atomic E-state index is 13.1. The number of benzene rings is 1. The molecule has 0 fully saturated rings. The van der Waals surface area contributed by atoms with Gasteiger partial charge in [0.25, 0.3) is 0 Å². The van der Waals surface area contributed by atoms with Gasteiger partial charge in [0, 0.05) is 16.5 Å². The summed E-state index contributed by atoms with van der Waals surface area (Å²) in [6.45, 7) is 3.84. The van der Waals surface area contributed by atoms with Crippen molar-refractivity contribution in [2.45, 2.75) is 13.8 Å². The molecule has 0 atom stereocenters. The minimum atomic E-state index is -3.66. The lowest BCUT2D eigenvalue weighted by atomic mass is 10.1. The van der Waals surface area contributed by atoms with Gasteiger partial charge in [-0.1, -0.05) is 24.3 Å². The van der Waals surface area contributed by atoms with Crippen LogP contribution in [0.25, 0.3) is 27.6 Å². The van der Waals surface area contributed by atoms with Gasteiger partial charge >= 0.3 is 7.60 Å². The molecule has 0 amide bonds. The fourth-order valence-corrected chi connectivity index (χ4v) is 4.94. The Labute approximate surface area is 156 Å². The summed E-state index contributed by atoms with van der Waals surface area (Å²) in [6, 6.07) is 13.8. The van der Waals surface area contributed by atoms with Gasteiger partial charge in [0.1, 0.15) is 11.4 Å². The van der Waals surface area contributed by atoms with E-state index in [-0.39, 0.29) is 18.5 Å². The van der Waals surface area contributed by atoms with E-state index in [1.807, 2.05) is 47.8 Å². The van der Waals surface area contributed by atoms with Crippen molar-refractivity contribution in [3.8, 4) is 16.6 Å². The summed E-state index contributed by atoms with van der Waals surface area (Å²) in [5.41, 5.74) is 2.63. The molecule has 26 heavy (non-hydrogen) atoms. The molecular weight excluding hydrogens is 367 g/mol. The van der Waals surface area contributed by atoms with Crippen LogP contribution in [0.1, 0.15) is 19.4 Å². The van der Waals surface area contributed by atoms with Crippen LogP contribution in [0.5, 0.6) is 0 Å². The largest absolute Gasteiger partial charge is 0.371 e. The van der Waals surface area contributed by atoms with Gasteiger partial charge in [0.2, 0.25) is 0 Å². The number of rotatable bonds is 7. The lowest BCUT2D eigenvalue weighted by Crippen LogP contribution is -1.98. The Morgan fingerprint density at radius 2 is 1.96 bits per heavy atom. The number of aromatic nitrogens is 1. The van der Waals surface area contributed by atoms with Crippen molar-refractivity contribution in [1.82, 2.24) is 4.98 Å². The summed E-state index contributed by atoms with van der Waals surface area (Å²) >= 11 is 1.59. The number of nitrogens with zero attached hydrogens (tertiary/aromatic N) is 1. The van der Waals surface area contributed by atoms with Gasteiger partial charge in [-0.15, -0.1) is 11.3 Å². The molecule has 0 aliphatic heterocycles. The van der Waals surface area contributed by atoms with Gasteiger partial charge in [-0.05, 0) is 37.4 Å². The van der Waals surface area contributed by atoms with Gasteiger partial charge in [-0.25, -0.2) is 0 Å². The SMILES string of the molecule is CCOP(=O)(OCC)/C(C#N)=C\c1c(-c2cccs2)[nH]c2ccccc12. The zero-order chi connectivity index (χ0) is 18.6. The van der Waals surface area contributed by atoms with E-state index >= 15 is 0 Å². The molecule has 2 heterocycles. The number of hydrogen-bond donors (Lipinski definition) is 1. The van der Waals surface area contributed by atoms with Crippen molar-refractivity contribution in [2.24, 2.45) is 0 Å². The van der Waals surface area contributed by atoms with Gasteiger partial charge in [-0.3, -0.25) is 4.57 Å². The first kappa shape index (κ1) is 18.6. The number of thiophene rings is 1. The third kappa shape index (κ3) is 3.53. The van der Waals surface area contributed by atoms with Crippen molar-refractivity contribution < 1.29 is 13.6 Å². The van der Waals surface area contributed by atoms with E-state index in [0.29, 0.717) is 0 Å². The fraction of sp³-hybridized carbons (Fsp3) is 0.211. The first-order chi connectivity index (χ1) is 12.6. The zero-order valence-corrected chi connectivity index (χ0v) is 16.3. The third-order valence-corrected chi connectivity index (χ3v) is 6.71. The van der Waals surface area contributed by atoms with Crippen LogP contribution >= 0.6 is 18.9 Å². The summed E-state index contributed by atoms with van der Waals surface area (Å²) in [6.07, 6.45) is 1.62.